The molecule has 0 heterocycles. The van der Waals surface area contributed by atoms with Gasteiger partial charge in [-0.05, 0) is 71.6 Å². The fraction of sp³-hybridized carbons (Fsp3) is 0.565. The van der Waals surface area contributed by atoms with Crippen molar-refractivity contribution < 1.29 is 19.1 Å². The lowest BCUT2D eigenvalue weighted by Crippen LogP contribution is -2.30. The molecule has 3 N–H and O–H groups in total. The lowest BCUT2D eigenvalue weighted by atomic mass is 9.72. The summed E-state index contributed by atoms with van der Waals surface area (Å²) in [4.78, 5) is 17.8. The third-order valence-corrected chi connectivity index (χ3v) is 6.79. The molecule has 1 aliphatic rings. The molecule has 2 aromatic rings. The summed E-state index contributed by atoms with van der Waals surface area (Å²) in [6.45, 7) is 7.90. The molecule has 160 valence electrons. The van der Waals surface area contributed by atoms with Crippen LogP contribution in [0.2, 0.25) is 0 Å². The lowest BCUT2D eigenvalue weighted by molar-refractivity contribution is 0.0883. The highest BCUT2D eigenvalue weighted by Crippen LogP contribution is 2.39. The Labute approximate surface area is 174 Å². The average molecular weight is 420 g/mol. The number of ether oxygens (including phenoxy) is 1. The van der Waals surface area contributed by atoms with Crippen LogP contribution < -0.4 is 10.1 Å². The zero-order valence-corrected chi connectivity index (χ0v) is 18.6. The Balaban J connectivity index is 1.55. The minimum absolute atomic E-state index is 0.140. The van der Waals surface area contributed by atoms with Gasteiger partial charge < -0.3 is 19.8 Å². The number of rotatable bonds is 7. The van der Waals surface area contributed by atoms with Crippen molar-refractivity contribution >= 4 is 18.4 Å². The average Bonchev–Trinajstić information content (AvgIpc) is 2.64. The second-order valence-electron chi connectivity index (χ2n) is 9.37. The molecule has 0 aliphatic heterocycles. The molecule has 1 fully saturated rings. The van der Waals surface area contributed by atoms with Gasteiger partial charge in [-0.15, -0.1) is 0 Å². The van der Waals surface area contributed by atoms with Crippen molar-refractivity contribution in [1.82, 2.24) is 5.32 Å². The van der Waals surface area contributed by atoms with Crippen molar-refractivity contribution in [3.8, 4) is 5.75 Å². The number of hydrogen-bond donors (Lipinski definition) is 3. The Morgan fingerprint density at radius 3 is 2.34 bits per heavy atom. The minimum Gasteiger partial charge on any atom is -0.490 e. The van der Waals surface area contributed by atoms with Crippen LogP contribution in [0.4, 0.5) is 0 Å². The molecule has 0 saturated heterocycles. The van der Waals surface area contributed by atoms with E-state index in [0.29, 0.717) is 24.6 Å². The van der Waals surface area contributed by atoms with Gasteiger partial charge in [-0.2, -0.15) is 0 Å². The standard InChI is InChI=1S/C23H34NO4P/c1-23(2,3)20-7-10-21(11-8-20)28-22-9-6-18-14-17(4-5-19(18)15-22)16-24-12-13-29(25,26)27/h4-6,9,14-15,20-21,24H,7-8,10-13,16H2,1-3H3,(H2,25,26,27). The van der Waals surface area contributed by atoms with Crippen molar-refractivity contribution in [1.29, 1.82) is 0 Å². The molecule has 5 nitrogen and oxygen atoms in total. The van der Waals surface area contributed by atoms with E-state index in [1.165, 1.54) is 12.8 Å². The van der Waals surface area contributed by atoms with Crippen LogP contribution >= 0.6 is 7.60 Å². The molecule has 0 atom stereocenters. The normalized spacial score (nSPS) is 20.7. The molecule has 2 aromatic carbocycles. The molecule has 0 spiro atoms. The Kier molecular flexibility index (Phi) is 7.06. The predicted molar refractivity (Wildman–Crippen MR) is 118 cm³/mol. The van der Waals surface area contributed by atoms with Crippen LogP contribution in [0.25, 0.3) is 10.8 Å². The van der Waals surface area contributed by atoms with Gasteiger partial charge in [0.15, 0.2) is 0 Å². The Hall–Kier alpha value is -1.39. The van der Waals surface area contributed by atoms with Gasteiger partial charge in [-0.3, -0.25) is 4.57 Å². The highest BCUT2D eigenvalue weighted by molar-refractivity contribution is 7.51. The van der Waals surface area contributed by atoms with E-state index in [1.807, 2.05) is 12.1 Å². The zero-order valence-electron chi connectivity index (χ0n) is 17.7. The van der Waals surface area contributed by atoms with Crippen LogP contribution in [0, 0.1) is 11.3 Å². The highest BCUT2D eigenvalue weighted by atomic mass is 31.2. The van der Waals surface area contributed by atoms with Crippen LogP contribution in [0.3, 0.4) is 0 Å². The SMILES string of the molecule is CC(C)(C)C1CCC(Oc2ccc3cc(CNCCP(=O)(O)O)ccc3c2)CC1. The fourth-order valence-electron chi connectivity index (χ4n) is 4.15. The number of nitrogens with one attached hydrogen (secondary N) is 1. The fourth-order valence-corrected chi connectivity index (χ4v) is 4.60. The van der Waals surface area contributed by atoms with Gasteiger partial charge in [0.1, 0.15) is 5.75 Å². The van der Waals surface area contributed by atoms with Gasteiger partial charge in [-0.25, -0.2) is 0 Å². The summed E-state index contributed by atoms with van der Waals surface area (Å²) >= 11 is 0. The predicted octanol–water partition coefficient (Wildman–Crippen LogP) is 5.09. The summed E-state index contributed by atoms with van der Waals surface area (Å²) in [5, 5.41) is 5.37. The maximum atomic E-state index is 10.9. The molecule has 0 amide bonds. The molecule has 0 radical (unpaired) electrons. The quantitative estimate of drug-likeness (QED) is 0.430. The first-order valence-corrected chi connectivity index (χ1v) is 12.3. The summed E-state index contributed by atoms with van der Waals surface area (Å²) in [5.41, 5.74) is 1.48. The third kappa shape index (κ3) is 6.82. The highest BCUT2D eigenvalue weighted by Gasteiger charge is 2.30. The second kappa shape index (κ2) is 9.18. The Morgan fingerprint density at radius 1 is 1.03 bits per heavy atom. The zero-order chi connectivity index (χ0) is 21.1. The van der Waals surface area contributed by atoms with E-state index in [2.05, 4.69) is 50.4 Å². The van der Waals surface area contributed by atoms with E-state index in [4.69, 9.17) is 14.5 Å². The molecule has 0 bridgehead atoms. The maximum absolute atomic E-state index is 10.9. The summed E-state index contributed by atoms with van der Waals surface area (Å²) in [7, 11) is -3.94. The monoisotopic (exact) mass is 419 g/mol. The van der Waals surface area contributed by atoms with Crippen molar-refractivity contribution in [2.24, 2.45) is 11.3 Å². The first-order valence-electron chi connectivity index (χ1n) is 10.5. The van der Waals surface area contributed by atoms with Gasteiger partial charge in [0.05, 0.1) is 12.3 Å². The van der Waals surface area contributed by atoms with Crippen molar-refractivity contribution in [2.75, 3.05) is 12.7 Å². The molecule has 0 unspecified atom stereocenters. The van der Waals surface area contributed by atoms with Gasteiger partial charge in [0, 0.05) is 13.1 Å². The van der Waals surface area contributed by atoms with Crippen molar-refractivity contribution in [3.63, 3.8) is 0 Å². The lowest BCUT2D eigenvalue weighted by Gasteiger charge is -2.37. The molecule has 6 heteroatoms. The Morgan fingerprint density at radius 2 is 1.69 bits per heavy atom. The smallest absolute Gasteiger partial charge is 0.326 e. The molecule has 0 aromatic heterocycles. The van der Waals surface area contributed by atoms with Crippen molar-refractivity contribution in [3.05, 3.63) is 42.0 Å². The summed E-state index contributed by atoms with van der Waals surface area (Å²) < 4.78 is 17.2. The van der Waals surface area contributed by atoms with Gasteiger partial charge in [0.25, 0.3) is 0 Å². The second-order valence-corrected chi connectivity index (χ2v) is 11.1. The molecular formula is C23H34NO4P. The van der Waals surface area contributed by atoms with Crippen LogP contribution in [0.15, 0.2) is 36.4 Å². The van der Waals surface area contributed by atoms with E-state index in [9.17, 15) is 4.57 Å². The molecule has 1 aliphatic carbocycles. The number of fused-ring (bicyclic) bond motifs is 1. The van der Waals surface area contributed by atoms with Crippen LogP contribution in [0.1, 0.15) is 52.0 Å². The summed E-state index contributed by atoms with van der Waals surface area (Å²) in [5.74, 6) is 1.72. The topological polar surface area (TPSA) is 78.8 Å². The molecule has 1 saturated carbocycles. The van der Waals surface area contributed by atoms with Crippen molar-refractivity contribution in [2.45, 2.75) is 59.1 Å². The van der Waals surface area contributed by atoms with Gasteiger partial charge in [-0.1, -0.05) is 39.0 Å². The van der Waals surface area contributed by atoms with E-state index >= 15 is 0 Å². The summed E-state index contributed by atoms with van der Waals surface area (Å²) in [6.07, 6.45) is 4.89. The first kappa shape index (κ1) is 22.3. The van der Waals surface area contributed by atoms with E-state index in [0.717, 1.165) is 40.8 Å². The minimum atomic E-state index is -3.94. The van der Waals surface area contributed by atoms with Crippen LogP contribution in [-0.2, 0) is 11.1 Å². The first-order chi connectivity index (χ1) is 13.6. The molecular weight excluding hydrogens is 385 g/mol. The third-order valence-electron chi connectivity index (χ3n) is 5.99. The maximum Gasteiger partial charge on any atom is 0.326 e. The van der Waals surface area contributed by atoms with Gasteiger partial charge >= 0.3 is 7.60 Å². The van der Waals surface area contributed by atoms with Gasteiger partial charge in [0.2, 0.25) is 0 Å². The number of hydrogen-bond acceptors (Lipinski definition) is 3. The number of benzene rings is 2. The molecule has 3 rings (SSSR count). The Bertz CT molecular complexity index is 863. The van der Waals surface area contributed by atoms with E-state index in [-0.39, 0.29) is 6.16 Å². The van der Waals surface area contributed by atoms with Crippen LogP contribution in [0.5, 0.6) is 5.75 Å². The largest absolute Gasteiger partial charge is 0.490 e. The van der Waals surface area contributed by atoms with E-state index in [1.54, 1.807) is 0 Å². The summed E-state index contributed by atoms with van der Waals surface area (Å²) in [6, 6.07) is 12.5. The van der Waals surface area contributed by atoms with Crippen LogP contribution in [-0.4, -0.2) is 28.6 Å². The van der Waals surface area contributed by atoms with E-state index < -0.39 is 7.60 Å². The molecule has 29 heavy (non-hydrogen) atoms.